The van der Waals surface area contributed by atoms with Crippen molar-refractivity contribution >= 4 is 5.91 Å². The van der Waals surface area contributed by atoms with Crippen LogP contribution >= 0.6 is 0 Å². The lowest BCUT2D eigenvalue weighted by atomic mass is 10.1. The van der Waals surface area contributed by atoms with Crippen molar-refractivity contribution in [2.75, 3.05) is 13.1 Å². The molecule has 1 aliphatic heterocycles. The van der Waals surface area contributed by atoms with Gasteiger partial charge in [0.05, 0.1) is 18.7 Å². The molecule has 8 nitrogen and oxygen atoms in total. The zero-order valence-corrected chi connectivity index (χ0v) is 15.9. The predicted molar refractivity (Wildman–Crippen MR) is 108 cm³/mol. The molecule has 0 aliphatic carbocycles. The Labute approximate surface area is 172 Å². The zero-order valence-electron chi connectivity index (χ0n) is 15.9. The lowest BCUT2D eigenvalue weighted by molar-refractivity contribution is 0.0177. The molecule has 0 spiro atoms. The number of benzene rings is 1. The highest BCUT2D eigenvalue weighted by molar-refractivity contribution is 5.94. The van der Waals surface area contributed by atoms with E-state index >= 15 is 0 Å². The first kappa shape index (κ1) is 18.0. The molecule has 0 atom stereocenters. The first-order valence-electron chi connectivity index (χ1n) is 9.47. The van der Waals surface area contributed by atoms with E-state index in [-0.39, 0.29) is 12.0 Å². The van der Waals surface area contributed by atoms with Gasteiger partial charge in [-0.3, -0.25) is 14.8 Å². The van der Waals surface area contributed by atoms with E-state index in [0.29, 0.717) is 30.4 Å². The van der Waals surface area contributed by atoms with Gasteiger partial charge in [0.1, 0.15) is 11.9 Å². The Morgan fingerprint density at radius 2 is 1.77 bits per heavy atom. The van der Waals surface area contributed by atoms with Crippen molar-refractivity contribution in [3.63, 3.8) is 0 Å². The molecule has 1 amide bonds. The van der Waals surface area contributed by atoms with E-state index in [2.05, 4.69) is 20.1 Å². The van der Waals surface area contributed by atoms with Crippen molar-refractivity contribution in [2.45, 2.75) is 6.10 Å². The van der Waals surface area contributed by atoms with Crippen molar-refractivity contribution in [1.82, 2.24) is 25.0 Å². The first-order chi connectivity index (χ1) is 14.8. The van der Waals surface area contributed by atoms with E-state index in [4.69, 9.17) is 9.26 Å². The standard InChI is InChI=1S/C22H17N5O3/c28-22(17-2-1-9-24-12-17)27-13-19(14-27)29-18-5-3-15(4-6-18)20-25-21(30-26-20)16-7-10-23-11-8-16/h1-12,19H,13-14H2. The van der Waals surface area contributed by atoms with E-state index in [1.54, 1.807) is 41.8 Å². The summed E-state index contributed by atoms with van der Waals surface area (Å²) in [6.45, 7) is 1.10. The van der Waals surface area contributed by atoms with E-state index < -0.39 is 0 Å². The number of carbonyl (C=O) groups is 1. The van der Waals surface area contributed by atoms with Crippen molar-refractivity contribution in [2.24, 2.45) is 0 Å². The summed E-state index contributed by atoms with van der Waals surface area (Å²) in [5.41, 5.74) is 2.24. The average molecular weight is 399 g/mol. The minimum absolute atomic E-state index is 0.0274. The van der Waals surface area contributed by atoms with Crippen LogP contribution in [0, 0.1) is 0 Å². The third-order valence-corrected chi connectivity index (χ3v) is 4.81. The van der Waals surface area contributed by atoms with Gasteiger partial charge in [0, 0.05) is 35.9 Å². The second-order valence-corrected chi connectivity index (χ2v) is 6.88. The molecule has 0 bridgehead atoms. The van der Waals surface area contributed by atoms with Crippen LogP contribution < -0.4 is 4.74 Å². The molecule has 1 saturated heterocycles. The lowest BCUT2D eigenvalue weighted by Gasteiger charge is -2.38. The van der Waals surface area contributed by atoms with Gasteiger partial charge in [-0.1, -0.05) is 5.16 Å². The summed E-state index contributed by atoms with van der Waals surface area (Å²) in [5.74, 6) is 1.65. The van der Waals surface area contributed by atoms with E-state index in [0.717, 1.165) is 16.9 Å². The molecule has 4 heterocycles. The lowest BCUT2D eigenvalue weighted by Crippen LogP contribution is -2.56. The highest BCUT2D eigenvalue weighted by Gasteiger charge is 2.32. The molecule has 0 radical (unpaired) electrons. The molecule has 0 unspecified atom stereocenters. The van der Waals surface area contributed by atoms with Gasteiger partial charge in [0.25, 0.3) is 11.8 Å². The van der Waals surface area contributed by atoms with Gasteiger partial charge in [-0.15, -0.1) is 0 Å². The predicted octanol–water partition coefficient (Wildman–Crippen LogP) is 3.10. The van der Waals surface area contributed by atoms with E-state index in [1.165, 1.54) is 0 Å². The SMILES string of the molecule is O=C(c1cccnc1)N1CC(Oc2ccc(-c3noc(-c4ccncc4)n3)cc2)C1. The second kappa shape index (κ2) is 7.75. The van der Waals surface area contributed by atoms with Crippen LogP contribution in [0.1, 0.15) is 10.4 Å². The fourth-order valence-corrected chi connectivity index (χ4v) is 3.18. The van der Waals surface area contributed by atoms with Gasteiger partial charge in [0.15, 0.2) is 0 Å². The maximum atomic E-state index is 12.3. The van der Waals surface area contributed by atoms with Crippen molar-refractivity contribution in [1.29, 1.82) is 0 Å². The third kappa shape index (κ3) is 3.62. The number of hydrogen-bond donors (Lipinski definition) is 0. The number of likely N-dealkylation sites (tertiary alicyclic amines) is 1. The number of carbonyl (C=O) groups excluding carboxylic acids is 1. The summed E-state index contributed by atoms with van der Waals surface area (Å²) in [6.07, 6.45) is 6.55. The molecule has 5 rings (SSSR count). The van der Waals surface area contributed by atoms with Crippen LogP contribution in [0.2, 0.25) is 0 Å². The molecular weight excluding hydrogens is 382 g/mol. The van der Waals surface area contributed by atoms with Gasteiger partial charge in [-0.05, 0) is 48.5 Å². The van der Waals surface area contributed by atoms with Crippen molar-refractivity contribution in [3.8, 4) is 28.6 Å². The molecular formula is C22H17N5O3. The molecule has 3 aromatic heterocycles. The largest absolute Gasteiger partial charge is 0.487 e. The Balaban J connectivity index is 1.19. The minimum Gasteiger partial charge on any atom is -0.487 e. The van der Waals surface area contributed by atoms with Crippen molar-refractivity contribution in [3.05, 3.63) is 78.9 Å². The normalized spacial score (nSPS) is 13.7. The molecule has 148 valence electrons. The van der Waals surface area contributed by atoms with Crippen LogP contribution in [0.5, 0.6) is 5.75 Å². The van der Waals surface area contributed by atoms with Crippen LogP contribution in [0.4, 0.5) is 0 Å². The summed E-state index contributed by atoms with van der Waals surface area (Å²) >= 11 is 0. The fourth-order valence-electron chi connectivity index (χ4n) is 3.18. The molecule has 1 aliphatic rings. The molecule has 0 saturated carbocycles. The summed E-state index contributed by atoms with van der Waals surface area (Å²) in [4.78, 5) is 26.5. The smallest absolute Gasteiger partial charge is 0.258 e. The molecule has 0 N–H and O–H groups in total. The molecule has 4 aromatic rings. The number of hydrogen-bond acceptors (Lipinski definition) is 7. The Morgan fingerprint density at radius 1 is 0.967 bits per heavy atom. The van der Waals surface area contributed by atoms with Gasteiger partial charge in [-0.2, -0.15) is 4.98 Å². The Hall–Kier alpha value is -4.07. The highest BCUT2D eigenvalue weighted by atomic mass is 16.5. The van der Waals surface area contributed by atoms with Crippen LogP contribution in [0.25, 0.3) is 22.8 Å². The van der Waals surface area contributed by atoms with E-state index in [9.17, 15) is 4.79 Å². The van der Waals surface area contributed by atoms with Gasteiger partial charge in [-0.25, -0.2) is 0 Å². The second-order valence-electron chi connectivity index (χ2n) is 6.88. The summed E-state index contributed by atoms with van der Waals surface area (Å²) in [5, 5.41) is 4.04. The number of pyridine rings is 2. The molecule has 30 heavy (non-hydrogen) atoms. The maximum absolute atomic E-state index is 12.3. The monoisotopic (exact) mass is 399 g/mol. The van der Waals surface area contributed by atoms with Gasteiger partial charge >= 0.3 is 0 Å². The maximum Gasteiger partial charge on any atom is 0.258 e. The van der Waals surface area contributed by atoms with Crippen LogP contribution in [-0.4, -0.2) is 50.1 Å². The number of aromatic nitrogens is 4. The average Bonchev–Trinajstić information content (AvgIpc) is 3.27. The fraction of sp³-hybridized carbons (Fsp3) is 0.136. The quantitative estimate of drug-likeness (QED) is 0.509. The van der Waals surface area contributed by atoms with E-state index in [1.807, 2.05) is 36.4 Å². The highest BCUT2D eigenvalue weighted by Crippen LogP contribution is 2.25. The third-order valence-electron chi connectivity index (χ3n) is 4.81. The zero-order chi connectivity index (χ0) is 20.3. The van der Waals surface area contributed by atoms with Crippen LogP contribution in [0.3, 0.4) is 0 Å². The molecule has 1 fully saturated rings. The number of rotatable bonds is 5. The first-order valence-corrected chi connectivity index (χ1v) is 9.47. The number of ether oxygens (including phenoxy) is 1. The van der Waals surface area contributed by atoms with Crippen LogP contribution in [-0.2, 0) is 0 Å². The Morgan fingerprint density at radius 3 is 2.50 bits per heavy atom. The minimum atomic E-state index is -0.0278. The Kier molecular flexibility index (Phi) is 4.65. The molecule has 1 aromatic carbocycles. The topological polar surface area (TPSA) is 94.2 Å². The molecule has 8 heteroatoms. The van der Waals surface area contributed by atoms with Crippen molar-refractivity contribution < 1.29 is 14.1 Å². The number of nitrogens with zero attached hydrogens (tertiary/aromatic N) is 5. The summed E-state index contributed by atoms with van der Waals surface area (Å²) < 4.78 is 11.3. The summed E-state index contributed by atoms with van der Waals surface area (Å²) in [7, 11) is 0. The van der Waals surface area contributed by atoms with Gasteiger partial charge < -0.3 is 14.2 Å². The number of amides is 1. The van der Waals surface area contributed by atoms with Crippen LogP contribution in [0.15, 0.2) is 77.8 Å². The Bertz CT molecular complexity index is 1140. The summed E-state index contributed by atoms with van der Waals surface area (Å²) in [6, 6.07) is 14.6. The van der Waals surface area contributed by atoms with Gasteiger partial charge in [0.2, 0.25) is 5.82 Å².